The Morgan fingerprint density at radius 1 is 1.03 bits per heavy atom. The van der Waals surface area contributed by atoms with Gasteiger partial charge in [-0.15, -0.1) is 0 Å². The van der Waals surface area contributed by atoms with Gasteiger partial charge in [-0.25, -0.2) is 4.68 Å². The van der Waals surface area contributed by atoms with Crippen LogP contribution in [0, 0.1) is 0 Å². The maximum absolute atomic E-state index is 13.2. The molecule has 1 amide bonds. The predicted molar refractivity (Wildman–Crippen MR) is 117 cm³/mol. The molecule has 1 atom stereocenters. The van der Waals surface area contributed by atoms with E-state index in [0.29, 0.717) is 11.4 Å². The number of nitrogens with zero attached hydrogens (tertiary/aromatic N) is 2. The molecule has 0 unspecified atom stereocenters. The minimum Gasteiger partial charge on any atom is -0.497 e. The van der Waals surface area contributed by atoms with E-state index >= 15 is 0 Å². The van der Waals surface area contributed by atoms with E-state index in [1.54, 1.807) is 38.3 Å². The minimum atomic E-state index is -0.741. The molecular formula is C24H25N3O3. The van der Waals surface area contributed by atoms with Crippen molar-refractivity contribution in [3.8, 4) is 17.0 Å². The molecule has 0 saturated carbocycles. The molecule has 6 heteroatoms. The zero-order valence-electron chi connectivity index (χ0n) is 17.2. The Balaban J connectivity index is 1.70. The van der Waals surface area contributed by atoms with Crippen molar-refractivity contribution in [2.24, 2.45) is 0 Å². The van der Waals surface area contributed by atoms with Crippen LogP contribution < -0.4 is 15.6 Å². The van der Waals surface area contributed by atoms with Crippen LogP contribution in [0.2, 0.25) is 0 Å². The fourth-order valence-electron chi connectivity index (χ4n) is 3.88. The van der Waals surface area contributed by atoms with Crippen LogP contribution in [0.15, 0.2) is 59.4 Å². The molecule has 0 radical (unpaired) electrons. The van der Waals surface area contributed by atoms with Crippen molar-refractivity contribution in [2.45, 2.75) is 38.6 Å². The van der Waals surface area contributed by atoms with E-state index in [9.17, 15) is 9.59 Å². The van der Waals surface area contributed by atoms with Crippen molar-refractivity contribution in [2.75, 3.05) is 12.4 Å². The van der Waals surface area contributed by atoms with Crippen LogP contribution >= 0.6 is 0 Å². The van der Waals surface area contributed by atoms with Crippen molar-refractivity contribution in [3.05, 3.63) is 76.1 Å². The van der Waals surface area contributed by atoms with E-state index in [2.05, 4.69) is 10.4 Å². The molecule has 1 aliphatic carbocycles. The van der Waals surface area contributed by atoms with Crippen molar-refractivity contribution in [1.29, 1.82) is 0 Å². The quantitative estimate of drug-likeness (QED) is 0.699. The van der Waals surface area contributed by atoms with E-state index in [1.165, 1.54) is 4.68 Å². The van der Waals surface area contributed by atoms with Gasteiger partial charge >= 0.3 is 0 Å². The summed E-state index contributed by atoms with van der Waals surface area (Å²) in [6, 6.07) is 16.2. The van der Waals surface area contributed by atoms with E-state index in [4.69, 9.17) is 4.74 Å². The number of rotatable bonds is 5. The van der Waals surface area contributed by atoms with E-state index in [1.807, 2.05) is 30.3 Å². The number of ether oxygens (including phenoxy) is 1. The van der Waals surface area contributed by atoms with Gasteiger partial charge in [0.1, 0.15) is 11.8 Å². The second-order valence-electron chi connectivity index (χ2n) is 7.52. The Kier molecular flexibility index (Phi) is 5.65. The summed E-state index contributed by atoms with van der Waals surface area (Å²) in [5, 5.41) is 7.53. The van der Waals surface area contributed by atoms with Crippen LogP contribution in [0.5, 0.6) is 5.75 Å². The van der Waals surface area contributed by atoms with E-state index < -0.39 is 6.04 Å². The number of hydrogen-bond donors (Lipinski definition) is 1. The molecule has 0 aliphatic heterocycles. The molecule has 1 heterocycles. The van der Waals surface area contributed by atoms with Gasteiger partial charge in [0, 0.05) is 16.8 Å². The lowest BCUT2D eigenvalue weighted by Crippen LogP contribution is -2.37. The fraction of sp³-hybridized carbons (Fsp3) is 0.292. The highest BCUT2D eigenvalue weighted by molar-refractivity contribution is 5.93. The third kappa shape index (κ3) is 3.85. The lowest BCUT2D eigenvalue weighted by molar-refractivity contribution is -0.119. The standard InChI is InChI=1S/C24H25N3O3/c1-16(23(28)25-18-12-14-19(30-2)15-13-18)27-24(29)21-11-7-6-10-20(21)22(26-27)17-8-4-3-5-9-17/h3-5,8-9,12-16H,6-7,10-11H2,1-2H3,(H,25,28)/t16-/m1/s1. The third-order valence-corrected chi connectivity index (χ3v) is 5.58. The first-order chi connectivity index (χ1) is 14.6. The number of anilines is 1. The molecule has 0 saturated heterocycles. The summed E-state index contributed by atoms with van der Waals surface area (Å²) in [6.45, 7) is 1.71. The molecule has 4 rings (SSSR count). The molecule has 1 N–H and O–H groups in total. The molecule has 0 bridgehead atoms. The molecule has 2 aromatic carbocycles. The molecule has 154 valence electrons. The summed E-state index contributed by atoms with van der Waals surface area (Å²) >= 11 is 0. The number of fused-ring (bicyclic) bond motifs is 1. The van der Waals surface area contributed by atoms with Gasteiger partial charge in [0.2, 0.25) is 5.91 Å². The molecule has 3 aromatic rings. The van der Waals surface area contributed by atoms with Gasteiger partial charge in [-0.2, -0.15) is 5.10 Å². The highest BCUT2D eigenvalue weighted by Crippen LogP contribution is 2.28. The molecule has 6 nitrogen and oxygen atoms in total. The van der Waals surface area contributed by atoms with Gasteiger partial charge in [-0.1, -0.05) is 30.3 Å². The molecule has 0 spiro atoms. The lowest BCUT2D eigenvalue weighted by atomic mass is 9.89. The molecule has 0 fully saturated rings. The van der Waals surface area contributed by atoms with Crippen LogP contribution in [0.1, 0.15) is 36.9 Å². The Bertz CT molecular complexity index is 1110. The van der Waals surface area contributed by atoms with Crippen molar-refractivity contribution >= 4 is 11.6 Å². The average molecular weight is 403 g/mol. The molecule has 1 aliphatic rings. The number of hydrogen-bond acceptors (Lipinski definition) is 4. The van der Waals surface area contributed by atoms with Crippen molar-refractivity contribution in [3.63, 3.8) is 0 Å². The Hall–Kier alpha value is -3.41. The normalized spacial score (nSPS) is 13.9. The SMILES string of the molecule is COc1ccc(NC(=O)[C@@H](C)n2nc(-c3ccccc3)c3c(c2=O)CCCC3)cc1. The average Bonchev–Trinajstić information content (AvgIpc) is 2.80. The minimum absolute atomic E-state index is 0.165. The first-order valence-corrected chi connectivity index (χ1v) is 10.2. The largest absolute Gasteiger partial charge is 0.497 e. The number of carbonyl (C=O) groups excluding carboxylic acids is 1. The Labute approximate surface area is 175 Å². The summed E-state index contributed by atoms with van der Waals surface area (Å²) in [7, 11) is 1.59. The number of methoxy groups -OCH3 is 1. The number of amides is 1. The van der Waals surface area contributed by atoms with Crippen LogP contribution in [-0.4, -0.2) is 22.8 Å². The van der Waals surface area contributed by atoms with Crippen LogP contribution in [0.3, 0.4) is 0 Å². The fourth-order valence-corrected chi connectivity index (χ4v) is 3.88. The summed E-state index contributed by atoms with van der Waals surface area (Å²) in [6.07, 6.45) is 3.59. The first-order valence-electron chi connectivity index (χ1n) is 10.2. The highest BCUT2D eigenvalue weighted by atomic mass is 16.5. The van der Waals surface area contributed by atoms with E-state index in [-0.39, 0.29) is 11.5 Å². The third-order valence-electron chi connectivity index (χ3n) is 5.58. The summed E-state index contributed by atoms with van der Waals surface area (Å²) < 4.78 is 6.49. The lowest BCUT2D eigenvalue weighted by Gasteiger charge is -2.22. The van der Waals surface area contributed by atoms with Crippen LogP contribution in [0.4, 0.5) is 5.69 Å². The monoisotopic (exact) mass is 403 g/mol. The Morgan fingerprint density at radius 3 is 2.37 bits per heavy atom. The number of nitrogens with one attached hydrogen (secondary N) is 1. The smallest absolute Gasteiger partial charge is 0.271 e. The highest BCUT2D eigenvalue weighted by Gasteiger charge is 2.25. The van der Waals surface area contributed by atoms with Gasteiger partial charge in [-0.3, -0.25) is 9.59 Å². The maximum atomic E-state index is 13.2. The molecular weight excluding hydrogens is 378 g/mol. The van der Waals surface area contributed by atoms with E-state index in [0.717, 1.165) is 48.1 Å². The number of benzene rings is 2. The van der Waals surface area contributed by atoms with Gasteiger partial charge < -0.3 is 10.1 Å². The van der Waals surface area contributed by atoms with Gasteiger partial charge in [0.25, 0.3) is 5.56 Å². The topological polar surface area (TPSA) is 73.2 Å². The number of aromatic nitrogens is 2. The first kappa shape index (κ1) is 19.9. The zero-order valence-corrected chi connectivity index (χ0v) is 17.2. The second-order valence-corrected chi connectivity index (χ2v) is 7.52. The number of carbonyl (C=O) groups is 1. The van der Waals surface area contributed by atoms with Gasteiger partial charge in [0.05, 0.1) is 12.8 Å². The maximum Gasteiger partial charge on any atom is 0.271 e. The molecule has 1 aromatic heterocycles. The van der Waals surface area contributed by atoms with Crippen molar-refractivity contribution < 1.29 is 9.53 Å². The van der Waals surface area contributed by atoms with Crippen LogP contribution in [0.25, 0.3) is 11.3 Å². The summed E-state index contributed by atoms with van der Waals surface area (Å²) in [5.41, 5.74) is 4.06. The van der Waals surface area contributed by atoms with Crippen LogP contribution in [-0.2, 0) is 17.6 Å². The summed E-state index contributed by atoms with van der Waals surface area (Å²) in [4.78, 5) is 26.1. The molecule has 30 heavy (non-hydrogen) atoms. The second kappa shape index (κ2) is 8.53. The summed E-state index contributed by atoms with van der Waals surface area (Å²) in [5.74, 6) is 0.422. The predicted octanol–water partition coefficient (Wildman–Crippen LogP) is 4.00. The van der Waals surface area contributed by atoms with Crippen molar-refractivity contribution in [1.82, 2.24) is 9.78 Å². The zero-order chi connectivity index (χ0) is 21.1. The van der Waals surface area contributed by atoms with Gasteiger partial charge in [-0.05, 0) is 62.4 Å². The van der Waals surface area contributed by atoms with Gasteiger partial charge in [0.15, 0.2) is 0 Å². The Morgan fingerprint density at radius 2 is 1.70 bits per heavy atom.